The maximum Gasteiger partial charge on any atom is 0.270 e. The molecule has 2 saturated heterocycles. The summed E-state index contributed by atoms with van der Waals surface area (Å²) in [6.07, 6.45) is 6.83. The Labute approximate surface area is 166 Å². The lowest BCUT2D eigenvalue weighted by Gasteiger charge is -2.38. The number of nitrogens with zero attached hydrogens (tertiary/aromatic N) is 3. The number of hydrogen-bond donors (Lipinski definition) is 1. The van der Waals surface area contributed by atoms with Crippen molar-refractivity contribution in [2.75, 3.05) is 32.8 Å². The Morgan fingerprint density at radius 2 is 2.04 bits per heavy atom. The fourth-order valence-corrected chi connectivity index (χ4v) is 4.33. The van der Waals surface area contributed by atoms with Gasteiger partial charge in [0.05, 0.1) is 18.3 Å². The Bertz CT molecular complexity index is 750. The zero-order chi connectivity index (χ0) is 19.2. The fourth-order valence-electron chi connectivity index (χ4n) is 4.33. The predicted molar refractivity (Wildman–Crippen MR) is 107 cm³/mol. The summed E-state index contributed by atoms with van der Waals surface area (Å²) in [5.41, 5.74) is 1.36. The Balaban J connectivity index is 1.49. The molecule has 0 spiro atoms. The molecule has 1 amide bonds. The van der Waals surface area contributed by atoms with Gasteiger partial charge in [0.1, 0.15) is 5.69 Å². The van der Waals surface area contributed by atoms with Gasteiger partial charge in [0.15, 0.2) is 0 Å². The molecule has 2 aromatic rings. The van der Waals surface area contributed by atoms with Gasteiger partial charge in [0.2, 0.25) is 0 Å². The van der Waals surface area contributed by atoms with Crippen molar-refractivity contribution in [1.29, 1.82) is 0 Å². The number of aromatic nitrogens is 2. The molecule has 0 aromatic carbocycles. The number of carbonyl (C=O) groups excluding carboxylic acids is 1. The first-order valence-electron chi connectivity index (χ1n) is 10.2. The van der Waals surface area contributed by atoms with Gasteiger partial charge in [-0.25, -0.2) is 0 Å². The van der Waals surface area contributed by atoms with Gasteiger partial charge in [-0.15, -0.1) is 0 Å². The Morgan fingerprint density at radius 1 is 1.18 bits per heavy atom. The second-order valence-electron chi connectivity index (χ2n) is 7.81. The van der Waals surface area contributed by atoms with Crippen LogP contribution in [-0.4, -0.2) is 53.6 Å². The molecule has 2 aliphatic rings. The Morgan fingerprint density at radius 3 is 2.75 bits per heavy atom. The maximum absolute atomic E-state index is 12.8. The molecular formula is C22H28N4O2. The molecule has 28 heavy (non-hydrogen) atoms. The second kappa shape index (κ2) is 9.26. The van der Waals surface area contributed by atoms with E-state index in [1.807, 2.05) is 30.3 Å². The number of likely N-dealkylation sites (tertiary alicyclic amines) is 1. The van der Waals surface area contributed by atoms with Crippen molar-refractivity contribution in [3.8, 4) is 0 Å². The van der Waals surface area contributed by atoms with Crippen molar-refractivity contribution in [2.24, 2.45) is 11.8 Å². The van der Waals surface area contributed by atoms with E-state index in [-0.39, 0.29) is 11.9 Å². The van der Waals surface area contributed by atoms with Crippen molar-refractivity contribution in [1.82, 2.24) is 20.2 Å². The van der Waals surface area contributed by atoms with Gasteiger partial charge in [-0.2, -0.15) is 0 Å². The van der Waals surface area contributed by atoms with Crippen LogP contribution < -0.4 is 5.32 Å². The number of piperidine rings is 1. The van der Waals surface area contributed by atoms with Gasteiger partial charge >= 0.3 is 0 Å². The number of rotatable bonds is 6. The molecular weight excluding hydrogens is 352 g/mol. The fraction of sp³-hybridized carbons (Fsp3) is 0.500. The molecule has 4 rings (SSSR count). The van der Waals surface area contributed by atoms with Crippen LogP contribution in [0.1, 0.15) is 41.5 Å². The molecule has 0 radical (unpaired) electrons. The summed E-state index contributed by atoms with van der Waals surface area (Å²) in [6.45, 7) is 4.94. The highest BCUT2D eigenvalue weighted by Gasteiger charge is 2.32. The lowest BCUT2D eigenvalue weighted by molar-refractivity contribution is 0.0856. The van der Waals surface area contributed by atoms with Crippen molar-refractivity contribution in [3.63, 3.8) is 0 Å². The molecule has 2 aromatic heterocycles. The summed E-state index contributed by atoms with van der Waals surface area (Å²) in [6, 6.07) is 11.2. The van der Waals surface area contributed by atoms with Crippen LogP contribution in [0.4, 0.5) is 0 Å². The van der Waals surface area contributed by atoms with Crippen LogP contribution in [0.15, 0.2) is 48.8 Å². The van der Waals surface area contributed by atoms with Crippen LogP contribution in [0.5, 0.6) is 0 Å². The number of hydrogen-bond acceptors (Lipinski definition) is 5. The number of amides is 1. The van der Waals surface area contributed by atoms with E-state index in [1.165, 1.54) is 0 Å². The molecule has 6 nitrogen and oxygen atoms in total. The molecule has 0 aliphatic carbocycles. The first-order chi connectivity index (χ1) is 13.8. The number of pyridine rings is 2. The summed E-state index contributed by atoms with van der Waals surface area (Å²) >= 11 is 0. The molecule has 2 fully saturated rings. The molecule has 3 atom stereocenters. The van der Waals surface area contributed by atoms with Crippen molar-refractivity contribution in [2.45, 2.75) is 25.3 Å². The smallest absolute Gasteiger partial charge is 0.270 e. The van der Waals surface area contributed by atoms with E-state index >= 15 is 0 Å². The zero-order valence-electron chi connectivity index (χ0n) is 16.2. The molecule has 1 N–H and O–H groups in total. The van der Waals surface area contributed by atoms with Gasteiger partial charge in [-0.05, 0) is 61.9 Å². The van der Waals surface area contributed by atoms with Crippen molar-refractivity contribution in [3.05, 3.63) is 60.2 Å². The van der Waals surface area contributed by atoms with E-state index in [4.69, 9.17) is 4.74 Å². The maximum atomic E-state index is 12.8. The average molecular weight is 380 g/mol. The summed E-state index contributed by atoms with van der Waals surface area (Å²) in [7, 11) is 0. The third kappa shape index (κ3) is 4.75. The van der Waals surface area contributed by atoms with Gasteiger partial charge in [-0.1, -0.05) is 12.1 Å². The predicted octanol–water partition coefficient (Wildman–Crippen LogP) is 2.70. The van der Waals surface area contributed by atoms with Crippen LogP contribution >= 0.6 is 0 Å². The lowest BCUT2D eigenvalue weighted by atomic mass is 9.87. The topological polar surface area (TPSA) is 67.4 Å². The normalized spacial score (nSPS) is 24.0. The number of ether oxygens (including phenoxy) is 1. The monoisotopic (exact) mass is 380 g/mol. The minimum absolute atomic E-state index is 0.113. The van der Waals surface area contributed by atoms with E-state index in [9.17, 15) is 4.79 Å². The zero-order valence-corrected chi connectivity index (χ0v) is 16.2. The molecule has 0 bridgehead atoms. The van der Waals surface area contributed by atoms with E-state index in [0.717, 1.165) is 57.8 Å². The van der Waals surface area contributed by atoms with Crippen LogP contribution in [0.3, 0.4) is 0 Å². The third-order valence-corrected chi connectivity index (χ3v) is 5.74. The van der Waals surface area contributed by atoms with Crippen LogP contribution in [0, 0.1) is 11.8 Å². The summed E-state index contributed by atoms with van der Waals surface area (Å²) in [4.78, 5) is 24.1. The van der Waals surface area contributed by atoms with E-state index < -0.39 is 0 Å². The standard InChI is InChI=1S/C22H28N4O2/c27-22(20-8-2-4-11-24-20)25-21(19-7-1-3-10-23-19)18-6-5-12-26(15-18)14-17-9-13-28-16-17/h1-4,7-8,10-11,17-18,21H,5-6,9,12-16H2,(H,25,27)/t17-,18-,21+/m0/s1. The van der Waals surface area contributed by atoms with Crippen molar-refractivity contribution < 1.29 is 9.53 Å². The highest BCUT2D eigenvalue weighted by molar-refractivity contribution is 5.92. The van der Waals surface area contributed by atoms with E-state index in [1.54, 1.807) is 18.5 Å². The van der Waals surface area contributed by atoms with Gasteiger partial charge in [0, 0.05) is 32.1 Å². The molecule has 6 heteroatoms. The highest BCUT2D eigenvalue weighted by Crippen LogP contribution is 2.30. The lowest BCUT2D eigenvalue weighted by Crippen LogP contribution is -2.44. The molecule has 4 heterocycles. The summed E-state index contributed by atoms with van der Waals surface area (Å²) in [5.74, 6) is 0.825. The number of carbonyl (C=O) groups is 1. The van der Waals surface area contributed by atoms with Crippen LogP contribution in [-0.2, 0) is 4.74 Å². The van der Waals surface area contributed by atoms with Crippen molar-refractivity contribution >= 4 is 5.91 Å². The second-order valence-corrected chi connectivity index (χ2v) is 7.81. The Hall–Kier alpha value is -2.31. The minimum Gasteiger partial charge on any atom is -0.381 e. The quantitative estimate of drug-likeness (QED) is 0.835. The highest BCUT2D eigenvalue weighted by atomic mass is 16.5. The van der Waals surface area contributed by atoms with Crippen LogP contribution in [0.25, 0.3) is 0 Å². The minimum atomic E-state index is -0.141. The largest absolute Gasteiger partial charge is 0.381 e. The summed E-state index contributed by atoms with van der Waals surface area (Å²) in [5, 5.41) is 3.22. The number of nitrogens with one attached hydrogen (secondary N) is 1. The van der Waals surface area contributed by atoms with Gasteiger partial charge in [0.25, 0.3) is 5.91 Å². The van der Waals surface area contributed by atoms with Gasteiger partial charge < -0.3 is 15.0 Å². The molecule has 148 valence electrons. The third-order valence-electron chi connectivity index (χ3n) is 5.74. The average Bonchev–Trinajstić information content (AvgIpc) is 3.26. The van der Waals surface area contributed by atoms with Crippen LogP contribution in [0.2, 0.25) is 0 Å². The SMILES string of the molecule is O=C(N[C@@H](c1ccccn1)[C@H]1CCCN(C[C@@H]2CCOC2)C1)c1ccccn1. The van der Waals surface area contributed by atoms with E-state index in [2.05, 4.69) is 20.2 Å². The van der Waals surface area contributed by atoms with Gasteiger partial charge in [-0.3, -0.25) is 14.8 Å². The van der Waals surface area contributed by atoms with E-state index in [0.29, 0.717) is 17.5 Å². The Kier molecular flexibility index (Phi) is 6.29. The molecule has 0 unspecified atom stereocenters. The summed E-state index contributed by atoms with van der Waals surface area (Å²) < 4.78 is 5.54. The molecule has 0 saturated carbocycles. The first-order valence-corrected chi connectivity index (χ1v) is 10.2. The first kappa shape index (κ1) is 19.0. The molecule has 2 aliphatic heterocycles.